The highest BCUT2D eigenvalue weighted by Gasteiger charge is 2.40. The van der Waals surface area contributed by atoms with Crippen LogP contribution >= 0.6 is 0 Å². The van der Waals surface area contributed by atoms with E-state index in [2.05, 4.69) is 0 Å². The van der Waals surface area contributed by atoms with Crippen molar-refractivity contribution < 1.29 is 9.66 Å². The van der Waals surface area contributed by atoms with Crippen LogP contribution in [0.5, 0.6) is 5.75 Å². The number of non-ortho nitro benzene ring substituents is 1. The highest BCUT2D eigenvalue weighted by Crippen LogP contribution is 2.44. The average molecular weight is 233 g/mol. The molecule has 1 aromatic carbocycles. The third-order valence-electron chi connectivity index (χ3n) is 3.87. The fourth-order valence-corrected chi connectivity index (χ4v) is 2.99. The molecule has 0 radical (unpaired) electrons. The van der Waals surface area contributed by atoms with Crippen LogP contribution < -0.4 is 4.74 Å². The zero-order valence-electron chi connectivity index (χ0n) is 9.65. The molecular weight excluding hydrogens is 218 g/mol. The molecule has 1 spiro atoms. The molecule has 90 valence electrons. The lowest BCUT2D eigenvalue weighted by Crippen LogP contribution is -2.36. The molecule has 0 N–H and O–H groups in total. The number of fused-ring (bicyclic) bond motifs is 1. The molecule has 4 heteroatoms. The molecule has 0 saturated heterocycles. The number of hydrogen-bond acceptors (Lipinski definition) is 3. The van der Waals surface area contributed by atoms with E-state index >= 15 is 0 Å². The molecule has 1 saturated carbocycles. The number of rotatable bonds is 1. The molecule has 1 fully saturated rings. The predicted molar refractivity (Wildman–Crippen MR) is 63.2 cm³/mol. The number of nitro benzene ring substituents is 1. The van der Waals surface area contributed by atoms with Gasteiger partial charge in [-0.1, -0.05) is 6.42 Å². The summed E-state index contributed by atoms with van der Waals surface area (Å²) in [6.07, 6.45) is 6.76. The van der Waals surface area contributed by atoms with E-state index in [-0.39, 0.29) is 16.2 Å². The van der Waals surface area contributed by atoms with Crippen LogP contribution in [-0.2, 0) is 6.42 Å². The van der Waals surface area contributed by atoms with Crippen molar-refractivity contribution in [3.05, 3.63) is 33.9 Å². The lowest BCUT2D eigenvalue weighted by Gasteiger charge is -2.32. The molecule has 4 nitrogen and oxygen atoms in total. The van der Waals surface area contributed by atoms with E-state index in [9.17, 15) is 10.1 Å². The predicted octanol–water partition coefficient (Wildman–Crippen LogP) is 3.23. The minimum Gasteiger partial charge on any atom is -0.486 e. The summed E-state index contributed by atoms with van der Waals surface area (Å²) < 4.78 is 6.02. The van der Waals surface area contributed by atoms with Crippen LogP contribution in [0.3, 0.4) is 0 Å². The van der Waals surface area contributed by atoms with Crippen molar-refractivity contribution in [3.8, 4) is 5.75 Å². The van der Waals surface area contributed by atoms with E-state index in [0.29, 0.717) is 0 Å². The summed E-state index contributed by atoms with van der Waals surface area (Å²) in [7, 11) is 0. The van der Waals surface area contributed by atoms with Crippen molar-refractivity contribution in [2.45, 2.75) is 44.1 Å². The normalized spacial score (nSPS) is 20.9. The van der Waals surface area contributed by atoms with Gasteiger partial charge in [-0.3, -0.25) is 10.1 Å². The summed E-state index contributed by atoms with van der Waals surface area (Å²) in [5.41, 5.74) is 1.18. The van der Waals surface area contributed by atoms with Gasteiger partial charge in [-0.25, -0.2) is 0 Å². The monoisotopic (exact) mass is 233 g/mol. The van der Waals surface area contributed by atoms with Crippen LogP contribution in [0.1, 0.15) is 37.7 Å². The van der Waals surface area contributed by atoms with Gasteiger partial charge in [0.1, 0.15) is 11.4 Å². The van der Waals surface area contributed by atoms with Gasteiger partial charge in [0, 0.05) is 12.5 Å². The van der Waals surface area contributed by atoms with Gasteiger partial charge >= 0.3 is 0 Å². The van der Waals surface area contributed by atoms with Crippen LogP contribution in [0, 0.1) is 10.1 Å². The van der Waals surface area contributed by atoms with Gasteiger partial charge in [0.15, 0.2) is 0 Å². The standard InChI is InChI=1S/C13H15NO3/c15-14(16)11-5-4-10-9-13(17-12(10)8-11)6-2-1-3-7-13/h4-5,8H,1-3,6-7,9H2. The Labute approximate surface area is 99.7 Å². The van der Waals surface area contributed by atoms with Crippen LogP contribution in [0.15, 0.2) is 18.2 Å². The summed E-state index contributed by atoms with van der Waals surface area (Å²) in [5, 5.41) is 10.7. The average Bonchev–Trinajstić information content (AvgIpc) is 2.66. The molecule has 0 amide bonds. The van der Waals surface area contributed by atoms with E-state index < -0.39 is 0 Å². The Morgan fingerprint density at radius 3 is 2.71 bits per heavy atom. The van der Waals surface area contributed by atoms with Gasteiger partial charge in [-0.05, 0) is 37.3 Å². The fraction of sp³-hybridized carbons (Fsp3) is 0.538. The number of ether oxygens (including phenoxy) is 1. The molecule has 2 aliphatic rings. The molecule has 3 rings (SSSR count). The molecule has 0 unspecified atom stereocenters. The van der Waals surface area contributed by atoms with Gasteiger partial charge in [0.25, 0.3) is 5.69 Å². The zero-order valence-corrected chi connectivity index (χ0v) is 9.65. The highest BCUT2D eigenvalue weighted by atomic mass is 16.6. The lowest BCUT2D eigenvalue weighted by molar-refractivity contribution is -0.384. The Hall–Kier alpha value is -1.58. The van der Waals surface area contributed by atoms with Crippen LogP contribution in [0.4, 0.5) is 5.69 Å². The van der Waals surface area contributed by atoms with E-state index in [1.54, 1.807) is 12.1 Å². The Balaban J connectivity index is 1.89. The summed E-state index contributed by atoms with van der Waals surface area (Å²) in [4.78, 5) is 10.4. The van der Waals surface area contributed by atoms with E-state index in [1.807, 2.05) is 6.07 Å². The molecular formula is C13H15NO3. The van der Waals surface area contributed by atoms with Crippen molar-refractivity contribution in [2.75, 3.05) is 0 Å². The first-order chi connectivity index (χ1) is 8.19. The Kier molecular flexibility index (Phi) is 2.31. The van der Waals surface area contributed by atoms with Crippen molar-refractivity contribution in [1.29, 1.82) is 0 Å². The molecule has 0 atom stereocenters. The Morgan fingerprint density at radius 2 is 2.00 bits per heavy atom. The van der Waals surface area contributed by atoms with E-state index in [1.165, 1.54) is 19.3 Å². The SMILES string of the molecule is O=[N+]([O-])c1ccc2c(c1)OC1(CCCCC1)C2. The summed E-state index contributed by atoms with van der Waals surface area (Å²) in [6, 6.07) is 4.99. The van der Waals surface area contributed by atoms with Gasteiger partial charge < -0.3 is 4.74 Å². The number of hydrogen-bond donors (Lipinski definition) is 0. The van der Waals surface area contributed by atoms with Crippen LogP contribution in [-0.4, -0.2) is 10.5 Å². The highest BCUT2D eigenvalue weighted by molar-refractivity contribution is 5.47. The second-order valence-electron chi connectivity index (χ2n) is 5.07. The largest absolute Gasteiger partial charge is 0.486 e. The molecule has 0 bridgehead atoms. The van der Waals surface area contributed by atoms with Crippen molar-refractivity contribution >= 4 is 5.69 Å². The maximum absolute atomic E-state index is 10.7. The van der Waals surface area contributed by atoms with Crippen molar-refractivity contribution in [2.24, 2.45) is 0 Å². The number of nitrogens with zero attached hydrogens (tertiary/aromatic N) is 1. The molecule has 1 aliphatic heterocycles. The van der Waals surface area contributed by atoms with E-state index in [0.717, 1.165) is 30.6 Å². The van der Waals surface area contributed by atoms with Gasteiger partial charge in [-0.15, -0.1) is 0 Å². The van der Waals surface area contributed by atoms with Gasteiger partial charge in [0.2, 0.25) is 0 Å². The smallest absolute Gasteiger partial charge is 0.273 e. The zero-order chi connectivity index (χ0) is 11.9. The molecule has 1 aliphatic carbocycles. The maximum atomic E-state index is 10.7. The summed E-state index contributed by atoms with van der Waals surface area (Å²) in [6.45, 7) is 0. The number of benzene rings is 1. The van der Waals surface area contributed by atoms with Gasteiger partial charge in [0.05, 0.1) is 11.0 Å². The summed E-state index contributed by atoms with van der Waals surface area (Å²) in [5.74, 6) is 0.723. The Bertz CT molecular complexity index is 464. The topological polar surface area (TPSA) is 52.4 Å². The third-order valence-corrected chi connectivity index (χ3v) is 3.87. The van der Waals surface area contributed by atoms with E-state index in [4.69, 9.17) is 4.74 Å². The maximum Gasteiger partial charge on any atom is 0.273 e. The second kappa shape index (κ2) is 3.72. The van der Waals surface area contributed by atoms with Crippen LogP contribution in [0.25, 0.3) is 0 Å². The second-order valence-corrected chi connectivity index (χ2v) is 5.07. The third kappa shape index (κ3) is 1.77. The summed E-state index contributed by atoms with van der Waals surface area (Å²) >= 11 is 0. The van der Waals surface area contributed by atoms with Crippen molar-refractivity contribution in [1.82, 2.24) is 0 Å². The minimum atomic E-state index is -0.366. The minimum absolute atomic E-state index is 0.0597. The molecule has 17 heavy (non-hydrogen) atoms. The van der Waals surface area contributed by atoms with Crippen molar-refractivity contribution in [3.63, 3.8) is 0 Å². The quantitative estimate of drug-likeness (QED) is 0.552. The fourth-order valence-electron chi connectivity index (χ4n) is 2.99. The first-order valence-electron chi connectivity index (χ1n) is 6.15. The first kappa shape index (κ1) is 10.6. The van der Waals surface area contributed by atoms with Gasteiger partial charge in [-0.2, -0.15) is 0 Å². The first-order valence-corrected chi connectivity index (χ1v) is 6.15. The molecule has 1 aromatic rings. The lowest BCUT2D eigenvalue weighted by atomic mass is 9.82. The molecule has 0 aromatic heterocycles. The number of nitro groups is 1. The molecule has 1 heterocycles. The van der Waals surface area contributed by atoms with Crippen LogP contribution in [0.2, 0.25) is 0 Å². The Morgan fingerprint density at radius 1 is 1.24 bits per heavy atom.